The Hall–Kier alpha value is -2.48. The standard InChI is InChI=1S/C26H28BrN5S/c1-2-33(31-21-11-7-4-8-12-21)22-15-13-20(14-16-22)29-25-17-24(19-9-5-3-6-10-19)30-26-23(27)18-28-32(25)26/h2-3,5-6,9-10,13-18,21,29,31H,4,7-8,11-12H2,1H3. The van der Waals surface area contributed by atoms with Crippen molar-refractivity contribution < 1.29 is 0 Å². The Bertz CT molecular complexity index is 1260. The molecule has 1 aliphatic rings. The zero-order valence-corrected chi connectivity index (χ0v) is 21.1. The van der Waals surface area contributed by atoms with E-state index in [2.05, 4.69) is 79.8 Å². The van der Waals surface area contributed by atoms with E-state index in [0.717, 1.165) is 32.9 Å². The average molecular weight is 523 g/mol. The second kappa shape index (κ2) is 10.2. The van der Waals surface area contributed by atoms with Crippen molar-refractivity contribution >= 4 is 49.1 Å². The molecular formula is C26H28BrN5S. The summed E-state index contributed by atoms with van der Waals surface area (Å²) in [6, 6.07) is 21.6. The number of nitrogens with zero attached hydrogens (tertiary/aromatic N) is 3. The van der Waals surface area contributed by atoms with E-state index in [9.17, 15) is 0 Å². The lowest BCUT2D eigenvalue weighted by atomic mass is 9.96. The van der Waals surface area contributed by atoms with Crippen molar-refractivity contribution in [2.45, 2.75) is 50.0 Å². The van der Waals surface area contributed by atoms with Gasteiger partial charge in [0.15, 0.2) is 5.65 Å². The van der Waals surface area contributed by atoms with Crippen LogP contribution in [0.1, 0.15) is 39.0 Å². The van der Waals surface area contributed by atoms with Gasteiger partial charge >= 0.3 is 0 Å². The average Bonchev–Trinajstić information content (AvgIpc) is 3.25. The fraction of sp³-hybridized carbons (Fsp3) is 0.269. The van der Waals surface area contributed by atoms with Crippen LogP contribution in [0, 0.1) is 0 Å². The molecule has 1 atom stereocenters. The Labute approximate surface area is 205 Å². The van der Waals surface area contributed by atoms with Gasteiger partial charge in [0.25, 0.3) is 0 Å². The first-order valence-electron chi connectivity index (χ1n) is 11.5. The molecule has 0 spiro atoms. The molecule has 5 nitrogen and oxygen atoms in total. The molecule has 170 valence electrons. The minimum Gasteiger partial charge on any atom is -0.340 e. The summed E-state index contributed by atoms with van der Waals surface area (Å²) in [5, 5.41) is 10.3. The maximum absolute atomic E-state index is 4.81. The van der Waals surface area contributed by atoms with Crippen molar-refractivity contribution in [2.24, 2.45) is 0 Å². The highest BCUT2D eigenvalue weighted by Crippen LogP contribution is 2.30. The van der Waals surface area contributed by atoms with Gasteiger partial charge in [0.05, 0.1) is 16.4 Å². The molecule has 5 rings (SSSR count). The normalized spacial score (nSPS) is 15.7. The van der Waals surface area contributed by atoms with E-state index in [1.165, 1.54) is 37.0 Å². The molecule has 0 bridgehead atoms. The number of benzene rings is 2. The summed E-state index contributed by atoms with van der Waals surface area (Å²) in [6.45, 7) is 2.15. The summed E-state index contributed by atoms with van der Waals surface area (Å²) in [6.07, 6.45) is 8.43. The molecule has 2 aromatic carbocycles. The summed E-state index contributed by atoms with van der Waals surface area (Å²) in [7, 11) is -0.0312. The Balaban J connectivity index is 1.40. The van der Waals surface area contributed by atoms with Crippen LogP contribution in [-0.2, 0) is 0 Å². The van der Waals surface area contributed by atoms with Crippen molar-refractivity contribution in [2.75, 3.05) is 5.32 Å². The van der Waals surface area contributed by atoms with Gasteiger partial charge in [-0.3, -0.25) is 4.72 Å². The zero-order chi connectivity index (χ0) is 22.6. The summed E-state index contributed by atoms with van der Waals surface area (Å²) in [4.78, 5) is 6.13. The Morgan fingerprint density at radius 2 is 1.79 bits per heavy atom. The summed E-state index contributed by atoms with van der Waals surface area (Å²) >= 11 is 3.58. The Morgan fingerprint density at radius 1 is 1.03 bits per heavy atom. The quantitative estimate of drug-likeness (QED) is 0.263. The van der Waals surface area contributed by atoms with Gasteiger partial charge in [-0.05, 0) is 65.3 Å². The monoisotopic (exact) mass is 521 g/mol. The third-order valence-electron chi connectivity index (χ3n) is 6.01. The van der Waals surface area contributed by atoms with Crippen LogP contribution >= 0.6 is 26.6 Å². The number of hydrogen-bond donors (Lipinski definition) is 2. The first-order chi connectivity index (χ1) is 16.2. The number of nitrogens with one attached hydrogen (secondary N) is 2. The van der Waals surface area contributed by atoms with Crippen LogP contribution in [-0.4, -0.2) is 26.0 Å². The zero-order valence-electron chi connectivity index (χ0n) is 18.7. The fourth-order valence-corrected chi connectivity index (χ4v) is 6.20. The Kier molecular flexibility index (Phi) is 6.90. The molecule has 0 saturated heterocycles. The molecule has 4 aromatic rings. The van der Waals surface area contributed by atoms with E-state index in [1.54, 1.807) is 6.20 Å². The fourth-order valence-electron chi connectivity index (χ4n) is 4.29. The van der Waals surface area contributed by atoms with Crippen molar-refractivity contribution in [3.63, 3.8) is 0 Å². The smallest absolute Gasteiger partial charge is 0.172 e. The highest BCUT2D eigenvalue weighted by Gasteiger charge is 2.15. The molecule has 1 fully saturated rings. The minimum atomic E-state index is -0.0312. The number of hydrogen-bond acceptors (Lipinski definition) is 4. The molecule has 1 unspecified atom stereocenters. The van der Waals surface area contributed by atoms with Crippen LogP contribution in [0.25, 0.3) is 16.9 Å². The van der Waals surface area contributed by atoms with Crippen LogP contribution in [0.15, 0.2) is 76.2 Å². The predicted molar refractivity (Wildman–Crippen MR) is 143 cm³/mol. The third kappa shape index (κ3) is 5.05. The van der Waals surface area contributed by atoms with Crippen molar-refractivity contribution in [1.29, 1.82) is 0 Å². The maximum atomic E-state index is 4.81. The topological polar surface area (TPSA) is 54.2 Å². The Morgan fingerprint density at radius 3 is 2.52 bits per heavy atom. The largest absolute Gasteiger partial charge is 0.340 e. The molecule has 0 aliphatic heterocycles. The number of rotatable bonds is 6. The number of halogens is 1. The molecule has 0 radical (unpaired) electrons. The second-order valence-corrected chi connectivity index (χ2v) is 11.0. The number of anilines is 2. The van der Waals surface area contributed by atoms with E-state index < -0.39 is 0 Å². The summed E-state index contributed by atoms with van der Waals surface area (Å²) in [5.74, 6) is 0.874. The molecule has 33 heavy (non-hydrogen) atoms. The number of aromatic nitrogens is 3. The molecular weight excluding hydrogens is 494 g/mol. The third-order valence-corrected chi connectivity index (χ3v) is 8.41. The molecule has 0 amide bonds. The highest BCUT2D eigenvalue weighted by atomic mass is 79.9. The summed E-state index contributed by atoms with van der Waals surface area (Å²) in [5.41, 5.74) is 3.79. The maximum Gasteiger partial charge on any atom is 0.172 e. The van der Waals surface area contributed by atoms with E-state index in [0.29, 0.717) is 6.04 Å². The van der Waals surface area contributed by atoms with E-state index >= 15 is 0 Å². The SMILES string of the molecule is C/C=S(/NC1CCCCC1)c1ccc(Nc2cc(-c3ccccc3)nc3c(Br)cnn23)cc1. The van der Waals surface area contributed by atoms with Gasteiger partial charge in [-0.2, -0.15) is 9.61 Å². The first-order valence-corrected chi connectivity index (χ1v) is 13.5. The van der Waals surface area contributed by atoms with Gasteiger partial charge < -0.3 is 5.32 Å². The van der Waals surface area contributed by atoms with Crippen LogP contribution in [0.5, 0.6) is 0 Å². The highest BCUT2D eigenvalue weighted by molar-refractivity contribution is 9.10. The minimum absolute atomic E-state index is 0.0312. The van der Waals surface area contributed by atoms with Gasteiger partial charge in [0, 0.05) is 28.3 Å². The van der Waals surface area contributed by atoms with Gasteiger partial charge in [0.2, 0.25) is 0 Å². The molecule has 1 aliphatic carbocycles. The molecule has 2 N–H and O–H groups in total. The van der Waals surface area contributed by atoms with E-state index in [1.807, 2.05) is 28.8 Å². The van der Waals surface area contributed by atoms with Crippen LogP contribution < -0.4 is 10.0 Å². The van der Waals surface area contributed by atoms with Gasteiger partial charge in [-0.1, -0.05) is 60.3 Å². The van der Waals surface area contributed by atoms with E-state index in [4.69, 9.17) is 4.98 Å². The molecule has 2 heterocycles. The van der Waals surface area contributed by atoms with Gasteiger partial charge in [-0.25, -0.2) is 4.98 Å². The molecule has 2 aromatic heterocycles. The second-order valence-electron chi connectivity index (χ2n) is 8.30. The molecule has 7 heteroatoms. The first kappa shape index (κ1) is 22.3. The van der Waals surface area contributed by atoms with Gasteiger partial charge in [-0.15, -0.1) is 0 Å². The van der Waals surface area contributed by atoms with Crippen LogP contribution in [0.3, 0.4) is 0 Å². The van der Waals surface area contributed by atoms with Crippen molar-refractivity contribution in [3.8, 4) is 11.3 Å². The lowest BCUT2D eigenvalue weighted by Crippen LogP contribution is -2.27. The van der Waals surface area contributed by atoms with Crippen molar-refractivity contribution in [3.05, 3.63) is 71.3 Å². The lowest BCUT2D eigenvalue weighted by molar-refractivity contribution is 0.423. The summed E-state index contributed by atoms with van der Waals surface area (Å²) < 4.78 is 6.57. The number of fused-ring (bicyclic) bond motifs is 1. The lowest BCUT2D eigenvalue weighted by Gasteiger charge is -2.25. The van der Waals surface area contributed by atoms with Crippen LogP contribution in [0.2, 0.25) is 0 Å². The van der Waals surface area contributed by atoms with Crippen LogP contribution in [0.4, 0.5) is 11.5 Å². The molecule has 1 saturated carbocycles. The van der Waals surface area contributed by atoms with Gasteiger partial charge in [0.1, 0.15) is 5.82 Å². The van der Waals surface area contributed by atoms with Crippen molar-refractivity contribution in [1.82, 2.24) is 19.3 Å². The van der Waals surface area contributed by atoms with E-state index in [-0.39, 0.29) is 10.7 Å². The predicted octanol–water partition coefficient (Wildman–Crippen LogP) is 7.19.